The largest absolute Gasteiger partial charge is 0.376 e. The van der Waals surface area contributed by atoms with Crippen LogP contribution < -0.4 is 5.32 Å². The van der Waals surface area contributed by atoms with Crippen LogP contribution >= 0.6 is 11.3 Å². The summed E-state index contributed by atoms with van der Waals surface area (Å²) in [5, 5.41) is 14.9. The molecule has 2 saturated heterocycles. The van der Waals surface area contributed by atoms with Gasteiger partial charge in [0.15, 0.2) is 0 Å². The summed E-state index contributed by atoms with van der Waals surface area (Å²) in [5.74, 6) is 0.559. The van der Waals surface area contributed by atoms with Gasteiger partial charge < -0.3 is 14.6 Å². The Balaban J connectivity index is 1.36. The molecule has 8 heteroatoms. The lowest BCUT2D eigenvalue weighted by Crippen LogP contribution is -2.48. The summed E-state index contributed by atoms with van der Waals surface area (Å²) in [6, 6.07) is 6.56. The van der Waals surface area contributed by atoms with Gasteiger partial charge in [0.2, 0.25) is 5.91 Å². The summed E-state index contributed by atoms with van der Waals surface area (Å²) in [6.07, 6.45) is 2.22. The van der Waals surface area contributed by atoms with Gasteiger partial charge in [0.25, 0.3) is 0 Å². The van der Waals surface area contributed by atoms with E-state index in [2.05, 4.69) is 43.3 Å². The average Bonchev–Trinajstić information content (AvgIpc) is 3.50. The molecule has 2 aliphatic rings. The molecule has 0 radical (unpaired) electrons. The van der Waals surface area contributed by atoms with Gasteiger partial charge >= 0.3 is 0 Å². The van der Waals surface area contributed by atoms with Crippen LogP contribution in [0.2, 0.25) is 0 Å². The van der Waals surface area contributed by atoms with E-state index in [1.54, 1.807) is 11.3 Å². The minimum absolute atomic E-state index is 0.0608. The third-order valence-electron chi connectivity index (χ3n) is 6.40. The Morgan fingerprint density at radius 3 is 2.71 bits per heavy atom. The van der Waals surface area contributed by atoms with Crippen molar-refractivity contribution < 1.29 is 9.53 Å². The molecule has 1 unspecified atom stereocenters. The predicted octanol–water partition coefficient (Wildman–Crippen LogP) is 2.97. The lowest BCUT2D eigenvalue weighted by Gasteiger charge is -2.34. The number of amides is 1. The number of ether oxygens (including phenoxy) is 1. The zero-order valence-corrected chi connectivity index (χ0v) is 19.2. The number of thiophene rings is 1. The van der Waals surface area contributed by atoms with Crippen molar-refractivity contribution in [2.45, 2.75) is 45.9 Å². The molecular formula is C23H31N5O2S. The Kier molecular flexibility index (Phi) is 7.08. The van der Waals surface area contributed by atoms with Crippen molar-refractivity contribution in [1.82, 2.24) is 14.4 Å². The van der Waals surface area contributed by atoms with Crippen LogP contribution in [-0.4, -0.2) is 65.7 Å². The zero-order valence-electron chi connectivity index (χ0n) is 18.4. The summed E-state index contributed by atoms with van der Waals surface area (Å²) in [6.45, 7) is 10.4. The van der Waals surface area contributed by atoms with E-state index in [-0.39, 0.29) is 12.0 Å². The molecule has 0 saturated carbocycles. The van der Waals surface area contributed by atoms with Gasteiger partial charge in [-0.2, -0.15) is 5.26 Å². The Labute approximate surface area is 188 Å². The topological polar surface area (TPSA) is 73.5 Å². The molecule has 2 fully saturated rings. The molecular weight excluding hydrogens is 410 g/mol. The van der Waals surface area contributed by atoms with Crippen molar-refractivity contribution in [3.63, 3.8) is 0 Å². The third-order valence-corrected chi connectivity index (χ3v) is 7.26. The Morgan fingerprint density at radius 1 is 1.29 bits per heavy atom. The van der Waals surface area contributed by atoms with Crippen LogP contribution in [-0.2, 0) is 22.6 Å². The lowest BCUT2D eigenvalue weighted by atomic mass is 10.2. The van der Waals surface area contributed by atoms with Crippen molar-refractivity contribution in [3.05, 3.63) is 39.2 Å². The van der Waals surface area contributed by atoms with Crippen molar-refractivity contribution in [3.8, 4) is 6.07 Å². The van der Waals surface area contributed by atoms with Gasteiger partial charge in [-0.15, -0.1) is 11.3 Å². The van der Waals surface area contributed by atoms with E-state index in [1.807, 2.05) is 13.8 Å². The lowest BCUT2D eigenvalue weighted by molar-refractivity contribution is -0.117. The Bertz CT molecular complexity index is 932. The number of anilines is 1. The summed E-state index contributed by atoms with van der Waals surface area (Å²) in [4.78, 5) is 18.9. The fraction of sp³-hybridized carbons (Fsp3) is 0.565. The standard InChI is InChI=1S/C23H31N5O2S/c1-17-18(2)28(14-19-5-3-11-30-19)23(21(17)13-24)25-22(29)16-27-9-7-26(8-10-27)15-20-6-4-12-31-20/h4,6,12,19H,3,5,7-11,14-16H2,1-2H3,(H,25,29). The number of carbonyl (C=O) groups is 1. The molecule has 1 N–H and O–H groups in total. The van der Waals surface area contributed by atoms with E-state index in [9.17, 15) is 10.1 Å². The van der Waals surface area contributed by atoms with E-state index < -0.39 is 0 Å². The van der Waals surface area contributed by atoms with Crippen molar-refractivity contribution >= 4 is 23.1 Å². The van der Waals surface area contributed by atoms with Crippen LogP contribution in [0.25, 0.3) is 0 Å². The first-order valence-electron chi connectivity index (χ1n) is 11.0. The molecule has 4 rings (SSSR count). The van der Waals surface area contributed by atoms with E-state index in [0.717, 1.165) is 63.4 Å². The molecule has 2 aliphatic heterocycles. The monoisotopic (exact) mass is 441 g/mol. The van der Waals surface area contributed by atoms with Crippen LogP contribution in [0.4, 0.5) is 5.82 Å². The molecule has 0 aromatic carbocycles. The molecule has 166 valence electrons. The second-order valence-corrected chi connectivity index (χ2v) is 9.50. The molecule has 7 nitrogen and oxygen atoms in total. The fourth-order valence-corrected chi connectivity index (χ4v) is 5.20. The number of hydrogen-bond acceptors (Lipinski definition) is 6. The number of nitriles is 1. The van der Waals surface area contributed by atoms with Crippen molar-refractivity contribution in [2.24, 2.45) is 0 Å². The predicted molar refractivity (Wildman–Crippen MR) is 122 cm³/mol. The summed E-state index contributed by atoms with van der Waals surface area (Å²) < 4.78 is 7.85. The summed E-state index contributed by atoms with van der Waals surface area (Å²) in [5.41, 5.74) is 2.51. The third kappa shape index (κ3) is 5.18. The normalized spacial score (nSPS) is 20.1. The molecule has 0 aliphatic carbocycles. The first-order valence-corrected chi connectivity index (χ1v) is 11.9. The van der Waals surface area contributed by atoms with Crippen LogP contribution in [0.5, 0.6) is 0 Å². The average molecular weight is 442 g/mol. The van der Waals surface area contributed by atoms with E-state index in [4.69, 9.17) is 4.74 Å². The molecule has 31 heavy (non-hydrogen) atoms. The van der Waals surface area contributed by atoms with Gasteiger partial charge in [-0.3, -0.25) is 14.6 Å². The molecule has 4 heterocycles. The maximum Gasteiger partial charge on any atom is 0.239 e. The van der Waals surface area contributed by atoms with Gasteiger partial charge in [0, 0.05) is 49.9 Å². The molecule has 1 amide bonds. The number of carbonyl (C=O) groups excluding carboxylic acids is 1. The van der Waals surface area contributed by atoms with Crippen molar-refractivity contribution in [2.75, 3.05) is 44.6 Å². The van der Waals surface area contributed by atoms with Crippen LogP contribution in [0.1, 0.15) is 34.5 Å². The first kappa shape index (κ1) is 22.0. The summed E-state index contributed by atoms with van der Waals surface area (Å²) >= 11 is 1.79. The molecule has 2 aromatic rings. The summed E-state index contributed by atoms with van der Waals surface area (Å²) in [7, 11) is 0. The highest BCUT2D eigenvalue weighted by atomic mass is 32.1. The van der Waals surface area contributed by atoms with Crippen LogP contribution in [0.15, 0.2) is 17.5 Å². The number of nitrogens with zero attached hydrogens (tertiary/aromatic N) is 4. The van der Waals surface area contributed by atoms with E-state index in [0.29, 0.717) is 24.5 Å². The van der Waals surface area contributed by atoms with Gasteiger partial charge in [-0.25, -0.2) is 0 Å². The molecule has 1 atom stereocenters. The number of nitrogens with one attached hydrogen (secondary N) is 1. The van der Waals surface area contributed by atoms with Gasteiger partial charge in [-0.1, -0.05) is 6.07 Å². The first-order chi connectivity index (χ1) is 15.0. The highest BCUT2D eigenvalue weighted by Gasteiger charge is 2.25. The van der Waals surface area contributed by atoms with Gasteiger partial charge in [0.05, 0.1) is 24.8 Å². The fourth-order valence-electron chi connectivity index (χ4n) is 4.45. The second-order valence-electron chi connectivity index (χ2n) is 8.47. The molecule has 0 bridgehead atoms. The maximum atomic E-state index is 12.9. The van der Waals surface area contributed by atoms with Gasteiger partial charge in [-0.05, 0) is 43.7 Å². The Hall–Kier alpha value is -2.18. The highest BCUT2D eigenvalue weighted by molar-refractivity contribution is 7.09. The Morgan fingerprint density at radius 2 is 2.06 bits per heavy atom. The number of rotatable bonds is 7. The van der Waals surface area contributed by atoms with E-state index >= 15 is 0 Å². The quantitative estimate of drug-likeness (QED) is 0.715. The molecule has 2 aromatic heterocycles. The SMILES string of the molecule is Cc1c(C#N)c(NC(=O)CN2CCN(Cc3cccs3)CC2)n(CC2CCCO2)c1C. The van der Waals surface area contributed by atoms with Crippen LogP contribution in [0, 0.1) is 25.2 Å². The van der Waals surface area contributed by atoms with Crippen LogP contribution in [0.3, 0.4) is 0 Å². The maximum absolute atomic E-state index is 12.9. The highest BCUT2D eigenvalue weighted by Crippen LogP contribution is 2.28. The van der Waals surface area contributed by atoms with E-state index in [1.165, 1.54) is 4.88 Å². The minimum Gasteiger partial charge on any atom is -0.376 e. The zero-order chi connectivity index (χ0) is 21.8. The number of piperazine rings is 1. The molecule has 0 spiro atoms. The minimum atomic E-state index is -0.0608. The smallest absolute Gasteiger partial charge is 0.239 e. The van der Waals surface area contributed by atoms with Gasteiger partial charge in [0.1, 0.15) is 11.9 Å². The second kappa shape index (κ2) is 9.96. The number of hydrogen-bond donors (Lipinski definition) is 1. The van der Waals surface area contributed by atoms with Crippen molar-refractivity contribution in [1.29, 1.82) is 5.26 Å². The number of aromatic nitrogens is 1.